The van der Waals surface area contributed by atoms with E-state index in [2.05, 4.69) is 33.2 Å². The first-order valence-corrected chi connectivity index (χ1v) is 9.33. The molecule has 0 saturated carbocycles. The predicted octanol–water partition coefficient (Wildman–Crippen LogP) is 4.16. The van der Waals surface area contributed by atoms with Gasteiger partial charge in [0.05, 0.1) is 6.54 Å². The second kappa shape index (κ2) is 8.25. The number of rotatable bonds is 6. The molecular formula is C22H26N4O2. The van der Waals surface area contributed by atoms with Gasteiger partial charge >= 0.3 is 0 Å². The summed E-state index contributed by atoms with van der Waals surface area (Å²) in [6.07, 6.45) is 0. The van der Waals surface area contributed by atoms with Crippen molar-refractivity contribution in [2.45, 2.75) is 33.4 Å². The highest BCUT2D eigenvalue weighted by Crippen LogP contribution is 2.25. The number of aryl methyl sites for hydroxylation is 1. The number of hydrogen-bond acceptors (Lipinski definition) is 5. The molecular weight excluding hydrogens is 352 g/mol. The lowest BCUT2D eigenvalue weighted by atomic mass is 10.0. The Morgan fingerprint density at radius 2 is 1.79 bits per heavy atom. The summed E-state index contributed by atoms with van der Waals surface area (Å²) in [5.74, 6) is 0.957. The van der Waals surface area contributed by atoms with Crippen molar-refractivity contribution < 1.29 is 9.32 Å². The van der Waals surface area contributed by atoms with Gasteiger partial charge in [-0.25, -0.2) is 0 Å². The zero-order valence-corrected chi connectivity index (χ0v) is 17.0. The van der Waals surface area contributed by atoms with Gasteiger partial charge in [0.25, 0.3) is 5.91 Å². The van der Waals surface area contributed by atoms with Crippen molar-refractivity contribution in [3.05, 3.63) is 65.8 Å². The number of carbonyl (C=O) groups is 1. The summed E-state index contributed by atoms with van der Waals surface area (Å²) < 4.78 is 5.02. The zero-order chi connectivity index (χ0) is 20.3. The molecule has 0 saturated heterocycles. The molecule has 0 radical (unpaired) electrons. The van der Waals surface area contributed by atoms with E-state index in [0.29, 0.717) is 23.8 Å². The molecule has 3 aromatic rings. The van der Waals surface area contributed by atoms with Gasteiger partial charge in [-0.05, 0) is 49.2 Å². The summed E-state index contributed by atoms with van der Waals surface area (Å²) in [5.41, 5.74) is 3.97. The molecule has 0 aliphatic carbocycles. The molecule has 0 aliphatic rings. The van der Waals surface area contributed by atoms with E-state index in [1.165, 1.54) is 0 Å². The van der Waals surface area contributed by atoms with E-state index in [1.807, 2.05) is 58.3 Å². The number of anilines is 1. The van der Waals surface area contributed by atoms with Crippen LogP contribution in [0.4, 0.5) is 5.69 Å². The van der Waals surface area contributed by atoms with Crippen LogP contribution in [0, 0.1) is 6.92 Å². The molecule has 3 rings (SSSR count). The Kier molecular flexibility index (Phi) is 5.78. The molecule has 1 amide bonds. The zero-order valence-electron chi connectivity index (χ0n) is 17.0. The maximum Gasteiger partial charge on any atom is 0.254 e. The van der Waals surface area contributed by atoms with Crippen LogP contribution in [0.1, 0.15) is 35.9 Å². The molecule has 1 heterocycles. The first kappa shape index (κ1) is 19.6. The highest BCUT2D eigenvalue weighted by atomic mass is 16.5. The van der Waals surface area contributed by atoms with Gasteiger partial charge in [0.2, 0.25) is 5.89 Å². The molecule has 146 valence electrons. The van der Waals surface area contributed by atoms with Crippen LogP contribution in [0.15, 0.2) is 53.1 Å². The van der Waals surface area contributed by atoms with Gasteiger partial charge in [0, 0.05) is 38.3 Å². The average molecular weight is 378 g/mol. The number of nitrogens with zero attached hydrogens (tertiary/aromatic N) is 4. The van der Waals surface area contributed by atoms with Crippen LogP contribution in [0.3, 0.4) is 0 Å². The fourth-order valence-electron chi connectivity index (χ4n) is 2.98. The van der Waals surface area contributed by atoms with Gasteiger partial charge in [-0.3, -0.25) is 4.79 Å². The Labute approximate surface area is 165 Å². The molecule has 0 aliphatic heterocycles. The number of aromatic nitrogens is 2. The van der Waals surface area contributed by atoms with Crippen molar-refractivity contribution in [3.8, 4) is 11.1 Å². The fourth-order valence-corrected chi connectivity index (χ4v) is 2.98. The Morgan fingerprint density at radius 1 is 1.07 bits per heavy atom. The quantitative estimate of drug-likeness (QED) is 0.644. The first-order valence-electron chi connectivity index (χ1n) is 9.33. The van der Waals surface area contributed by atoms with Crippen LogP contribution in [0.2, 0.25) is 0 Å². The third-order valence-electron chi connectivity index (χ3n) is 4.59. The smallest absolute Gasteiger partial charge is 0.254 e. The average Bonchev–Trinajstić information content (AvgIpc) is 3.10. The second-order valence-corrected chi connectivity index (χ2v) is 7.28. The molecule has 2 aromatic carbocycles. The van der Waals surface area contributed by atoms with Crippen molar-refractivity contribution in [2.75, 3.05) is 19.0 Å². The number of hydrogen-bond donors (Lipinski definition) is 0. The molecule has 0 fully saturated rings. The summed E-state index contributed by atoms with van der Waals surface area (Å²) in [5, 5.41) is 3.91. The van der Waals surface area contributed by atoms with Crippen molar-refractivity contribution in [2.24, 2.45) is 0 Å². The summed E-state index contributed by atoms with van der Waals surface area (Å²) in [6.45, 7) is 6.01. The monoisotopic (exact) mass is 378 g/mol. The standard InChI is InChI=1S/C22H26N4O2/c1-15(2)26(14-21-23-16(3)28-24-21)22(27)18-11-9-17(10-12-18)19-7-6-8-20(13-19)25(4)5/h6-13,15H,14H2,1-5H3. The lowest BCUT2D eigenvalue weighted by Crippen LogP contribution is -2.36. The molecule has 0 bridgehead atoms. The minimum atomic E-state index is -0.0500. The molecule has 1 aromatic heterocycles. The Bertz CT molecular complexity index is 945. The van der Waals surface area contributed by atoms with Gasteiger partial charge in [-0.2, -0.15) is 4.98 Å². The Balaban J connectivity index is 1.81. The lowest BCUT2D eigenvalue weighted by Gasteiger charge is -2.25. The molecule has 6 nitrogen and oxygen atoms in total. The number of benzene rings is 2. The van der Waals surface area contributed by atoms with E-state index in [9.17, 15) is 4.79 Å². The van der Waals surface area contributed by atoms with Crippen molar-refractivity contribution >= 4 is 11.6 Å². The van der Waals surface area contributed by atoms with Gasteiger partial charge in [-0.15, -0.1) is 0 Å². The van der Waals surface area contributed by atoms with Crippen LogP contribution in [0.25, 0.3) is 11.1 Å². The number of amides is 1. The maximum atomic E-state index is 13.0. The van der Waals surface area contributed by atoms with E-state index in [0.717, 1.165) is 16.8 Å². The SMILES string of the molecule is Cc1nc(CN(C(=O)c2ccc(-c3cccc(N(C)C)c3)cc2)C(C)C)no1. The van der Waals surface area contributed by atoms with Crippen molar-refractivity contribution in [1.29, 1.82) is 0 Å². The maximum absolute atomic E-state index is 13.0. The summed E-state index contributed by atoms with van der Waals surface area (Å²) in [6, 6.07) is 16.0. The molecule has 0 atom stereocenters. The van der Waals surface area contributed by atoms with E-state index in [1.54, 1.807) is 11.8 Å². The third kappa shape index (κ3) is 4.39. The Morgan fingerprint density at radius 3 is 2.36 bits per heavy atom. The third-order valence-corrected chi connectivity index (χ3v) is 4.59. The lowest BCUT2D eigenvalue weighted by molar-refractivity contribution is 0.0683. The molecule has 0 unspecified atom stereocenters. The topological polar surface area (TPSA) is 62.5 Å². The van der Waals surface area contributed by atoms with Crippen LogP contribution >= 0.6 is 0 Å². The van der Waals surface area contributed by atoms with Gasteiger partial charge in [-0.1, -0.05) is 29.4 Å². The molecule has 0 spiro atoms. The van der Waals surface area contributed by atoms with Crippen LogP contribution in [-0.4, -0.2) is 41.1 Å². The van der Waals surface area contributed by atoms with Crippen molar-refractivity contribution in [3.63, 3.8) is 0 Å². The predicted molar refractivity (Wildman–Crippen MR) is 110 cm³/mol. The minimum Gasteiger partial charge on any atom is -0.378 e. The summed E-state index contributed by atoms with van der Waals surface area (Å²) >= 11 is 0. The summed E-state index contributed by atoms with van der Waals surface area (Å²) in [7, 11) is 4.04. The highest BCUT2D eigenvalue weighted by Gasteiger charge is 2.21. The molecule has 28 heavy (non-hydrogen) atoms. The van der Waals surface area contributed by atoms with Gasteiger partial charge < -0.3 is 14.3 Å². The van der Waals surface area contributed by atoms with E-state index >= 15 is 0 Å². The Hall–Kier alpha value is -3.15. The highest BCUT2D eigenvalue weighted by molar-refractivity contribution is 5.95. The molecule has 6 heteroatoms. The van der Waals surface area contributed by atoms with E-state index < -0.39 is 0 Å². The van der Waals surface area contributed by atoms with E-state index in [-0.39, 0.29) is 11.9 Å². The largest absolute Gasteiger partial charge is 0.378 e. The van der Waals surface area contributed by atoms with Gasteiger partial charge in [0.15, 0.2) is 5.82 Å². The van der Waals surface area contributed by atoms with Crippen LogP contribution in [0.5, 0.6) is 0 Å². The first-order chi connectivity index (χ1) is 13.3. The van der Waals surface area contributed by atoms with Crippen LogP contribution in [-0.2, 0) is 6.54 Å². The van der Waals surface area contributed by atoms with E-state index in [4.69, 9.17) is 4.52 Å². The summed E-state index contributed by atoms with van der Waals surface area (Å²) in [4.78, 5) is 21.0. The van der Waals surface area contributed by atoms with Crippen molar-refractivity contribution in [1.82, 2.24) is 15.0 Å². The normalized spacial score (nSPS) is 10.9. The minimum absolute atomic E-state index is 0.0164. The second-order valence-electron chi connectivity index (χ2n) is 7.28. The molecule has 0 N–H and O–H groups in total. The fraction of sp³-hybridized carbons (Fsp3) is 0.318. The number of carbonyl (C=O) groups excluding carboxylic acids is 1. The van der Waals surface area contributed by atoms with Crippen LogP contribution < -0.4 is 4.90 Å². The van der Waals surface area contributed by atoms with Gasteiger partial charge in [0.1, 0.15) is 0 Å².